The van der Waals surface area contributed by atoms with Crippen LogP contribution >= 0.6 is 15.9 Å². The maximum Gasteiger partial charge on any atom is 0.0636 e. The van der Waals surface area contributed by atoms with Crippen molar-refractivity contribution < 1.29 is 9.84 Å². The first-order chi connectivity index (χ1) is 8.31. The molecule has 1 fully saturated rings. The Morgan fingerprint density at radius 2 is 2.29 bits per heavy atom. The van der Waals surface area contributed by atoms with Crippen LogP contribution in [0.15, 0.2) is 28.7 Å². The van der Waals surface area contributed by atoms with Gasteiger partial charge in [-0.25, -0.2) is 0 Å². The van der Waals surface area contributed by atoms with Crippen LogP contribution in [0.25, 0.3) is 0 Å². The van der Waals surface area contributed by atoms with Crippen molar-refractivity contribution in [2.75, 3.05) is 25.1 Å². The van der Waals surface area contributed by atoms with Gasteiger partial charge >= 0.3 is 0 Å². The van der Waals surface area contributed by atoms with Crippen molar-refractivity contribution in [3.05, 3.63) is 28.7 Å². The van der Waals surface area contributed by atoms with Gasteiger partial charge in [-0.05, 0) is 40.9 Å². The summed E-state index contributed by atoms with van der Waals surface area (Å²) in [4.78, 5) is 0. The van der Waals surface area contributed by atoms with E-state index in [0.29, 0.717) is 5.92 Å². The predicted octanol–water partition coefficient (Wildman–Crippen LogP) is 2.65. The number of rotatable bonds is 4. The number of halogens is 1. The minimum atomic E-state index is 0.0639. The molecule has 1 heterocycles. The third-order valence-electron chi connectivity index (χ3n) is 3.18. The van der Waals surface area contributed by atoms with E-state index in [9.17, 15) is 5.11 Å². The highest BCUT2D eigenvalue weighted by Crippen LogP contribution is 2.25. The monoisotopic (exact) mass is 299 g/mol. The van der Waals surface area contributed by atoms with Gasteiger partial charge in [0.05, 0.1) is 19.3 Å². The van der Waals surface area contributed by atoms with E-state index in [-0.39, 0.29) is 12.6 Å². The molecule has 1 aliphatic heterocycles. The molecule has 0 bridgehead atoms. The lowest BCUT2D eigenvalue weighted by Gasteiger charge is -2.30. The van der Waals surface area contributed by atoms with Crippen molar-refractivity contribution in [3.8, 4) is 0 Å². The van der Waals surface area contributed by atoms with Gasteiger partial charge in [0, 0.05) is 22.7 Å². The number of aliphatic hydroxyl groups excluding tert-OH is 1. The minimum absolute atomic E-state index is 0.0639. The van der Waals surface area contributed by atoms with Crippen molar-refractivity contribution in [2.24, 2.45) is 5.92 Å². The Kier molecular flexibility index (Phi) is 4.83. The number of ether oxygens (including phenoxy) is 1. The second-order valence-electron chi connectivity index (χ2n) is 4.39. The van der Waals surface area contributed by atoms with Crippen molar-refractivity contribution in [1.29, 1.82) is 0 Å². The molecular weight excluding hydrogens is 282 g/mol. The predicted molar refractivity (Wildman–Crippen MR) is 72.2 cm³/mol. The fraction of sp³-hybridized carbons (Fsp3) is 0.538. The molecule has 1 aromatic rings. The highest BCUT2D eigenvalue weighted by molar-refractivity contribution is 9.10. The topological polar surface area (TPSA) is 41.5 Å². The van der Waals surface area contributed by atoms with Crippen molar-refractivity contribution in [2.45, 2.75) is 18.9 Å². The standard InChI is InChI=1S/C13H18BrNO2/c14-11-5-1-2-6-12(11)15-13(8-16)10-4-3-7-17-9-10/h1-2,5-6,10,13,15-16H,3-4,7-9H2. The fourth-order valence-electron chi connectivity index (χ4n) is 2.17. The second kappa shape index (κ2) is 6.38. The summed E-state index contributed by atoms with van der Waals surface area (Å²) in [5.74, 6) is 0.390. The van der Waals surface area contributed by atoms with Crippen LogP contribution < -0.4 is 5.32 Å². The van der Waals surface area contributed by atoms with Gasteiger partial charge in [0.2, 0.25) is 0 Å². The zero-order valence-corrected chi connectivity index (χ0v) is 11.3. The van der Waals surface area contributed by atoms with Gasteiger partial charge in [0.25, 0.3) is 0 Å². The second-order valence-corrected chi connectivity index (χ2v) is 5.24. The average molecular weight is 300 g/mol. The van der Waals surface area contributed by atoms with E-state index in [2.05, 4.69) is 21.2 Å². The number of hydrogen-bond donors (Lipinski definition) is 2. The van der Waals surface area contributed by atoms with Crippen LogP contribution in [-0.4, -0.2) is 31.0 Å². The Morgan fingerprint density at radius 3 is 2.94 bits per heavy atom. The zero-order chi connectivity index (χ0) is 12.1. The Balaban J connectivity index is 2.01. The van der Waals surface area contributed by atoms with Crippen LogP contribution in [0, 0.1) is 5.92 Å². The number of anilines is 1. The number of benzene rings is 1. The lowest BCUT2D eigenvalue weighted by molar-refractivity contribution is 0.0392. The molecule has 0 spiro atoms. The van der Waals surface area contributed by atoms with Crippen LogP contribution in [0.3, 0.4) is 0 Å². The molecule has 2 N–H and O–H groups in total. The highest BCUT2D eigenvalue weighted by atomic mass is 79.9. The van der Waals surface area contributed by atoms with Gasteiger partial charge in [-0.2, -0.15) is 0 Å². The molecule has 0 saturated carbocycles. The minimum Gasteiger partial charge on any atom is -0.394 e. The van der Waals surface area contributed by atoms with E-state index < -0.39 is 0 Å². The third kappa shape index (κ3) is 3.44. The smallest absolute Gasteiger partial charge is 0.0636 e. The van der Waals surface area contributed by atoms with E-state index in [0.717, 1.165) is 36.2 Å². The molecule has 1 aromatic carbocycles. The SMILES string of the molecule is OCC(Nc1ccccc1Br)C1CCCOC1. The number of aliphatic hydroxyl groups is 1. The molecule has 0 radical (unpaired) electrons. The van der Waals surface area contributed by atoms with E-state index in [1.54, 1.807) is 0 Å². The molecule has 0 amide bonds. The van der Waals surface area contributed by atoms with Crippen LogP contribution in [-0.2, 0) is 4.74 Å². The maximum atomic E-state index is 9.50. The van der Waals surface area contributed by atoms with Gasteiger partial charge in [0.15, 0.2) is 0 Å². The van der Waals surface area contributed by atoms with Crippen LogP contribution in [0.4, 0.5) is 5.69 Å². The van der Waals surface area contributed by atoms with E-state index in [1.807, 2.05) is 24.3 Å². The molecule has 2 unspecified atom stereocenters. The molecule has 2 atom stereocenters. The lowest BCUT2D eigenvalue weighted by Crippen LogP contribution is -2.37. The highest BCUT2D eigenvalue weighted by Gasteiger charge is 2.23. The molecule has 3 nitrogen and oxygen atoms in total. The van der Waals surface area contributed by atoms with Crippen LogP contribution in [0.1, 0.15) is 12.8 Å². The Labute approximate surface area is 110 Å². The quantitative estimate of drug-likeness (QED) is 0.898. The number of para-hydroxylation sites is 1. The Bertz CT molecular complexity index is 353. The third-order valence-corrected chi connectivity index (χ3v) is 3.87. The summed E-state index contributed by atoms with van der Waals surface area (Å²) < 4.78 is 6.49. The van der Waals surface area contributed by atoms with Gasteiger partial charge < -0.3 is 15.2 Å². The maximum absolute atomic E-state index is 9.50. The van der Waals surface area contributed by atoms with E-state index in [1.165, 1.54) is 0 Å². The van der Waals surface area contributed by atoms with Crippen LogP contribution in [0.5, 0.6) is 0 Å². The molecule has 94 valence electrons. The molecule has 1 saturated heterocycles. The Hall–Kier alpha value is -0.580. The summed E-state index contributed by atoms with van der Waals surface area (Å²) in [5.41, 5.74) is 1.03. The molecule has 1 aliphatic rings. The van der Waals surface area contributed by atoms with Gasteiger partial charge in [-0.3, -0.25) is 0 Å². The summed E-state index contributed by atoms with van der Waals surface area (Å²) >= 11 is 3.50. The first kappa shape index (κ1) is 12.9. The first-order valence-corrected chi connectivity index (χ1v) is 6.80. The van der Waals surface area contributed by atoms with Crippen molar-refractivity contribution in [3.63, 3.8) is 0 Å². The van der Waals surface area contributed by atoms with E-state index in [4.69, 9.17) is 4.74 Å². The van der Waals surface area contributed by atoms with Gasteiger partial charge in [-0.15, -0.1) is 0 Å². The van der Waals surface area contributed by atoms with Gasteiger partial charge in [-0.1, -0.05) is 12.1 Å². The largest absolute Gasteiger partial charge is 0.394 e. The summed E-state index contributed by atoms with van der Waals surface area (Å²) in [6.07, 6.45) is 2.20. The molecule has 2 rings (SSSR count). The molecular formula is C13H18BrNO2. The van der Waals surface area contributed by atoms with Crippen molar-refractivity contribution >= 4 is 21.6 Å². The lowest BCUT2D eigenvalue weighted by atomic mass is 9.94. The Morgan fingerprint density at radius 1 is 1.47 bits per heavy atom. The molecule has 4 heteroatoms. The summed E-state index contributed by atoms with van der Waals surface area (Å²) in [6.45, 7) is 1.72. The summed E-state index contributed by atoms with van der Waals surface area (Å²) in [7, 11) is 0. The number of hydrogen-bond acceptors (Lipinski definition) is 3. The zero-order valence-electron chi connectivity index (χ0n) is 9.73. The fourth-order valence-corrected chi connectivity index (χ4v) is 2.57. The van der Waals surface area contributed by atoms with Gasteiger partial charge in [0.1, 0.15) is 0 Å². The molecule has 17 heavy (non-hydrogen) atoms. The molecule has 0 aliphatic carbocycles. The number of nitrogens with one attached hydrogen (secondary N) is 1. The van der Waals surface area contributed by atoms with Crippen molar-refractivity contribution in [1.82, 2.24) is 0 Å². The summed E-state index contributed by atoms with van der Waals surface area (Å²) in [5, 5.41) is 12.9. The normalized spacial score (nSPS) is 22.1. The van der Waals surface area contributed by atoms with Crippen LogP contribution in [0.2, 0.25) is 0 Å². The van der Waals surface area contributed by atoms with E-state index >= 15 is 0 Å². The first-order valence-electron chi connectivity index (χ1n) is 6.01. The average Bonchev–Trinajstić information content (AvgIpc) is 2.39. The molecule has 0 aromatic heterocycles. The summed E-state index contributed by atoms with van der Waals surface area (Å²) in [6, 6.07) is 8.03.